The lowest BCUT2D eigenvalue weighted by atomic mass is 10.1. The van der Waals surface area contributed by atoms with Crippen LogP contribution in [0.25, 0.3) is 0 Å². The molecule has 5 nitrogen and oxygen atoms in total. The van der Waals surface area contributed by atoms with Gasteiger partial charge in [0.15, 0.2) is 0 Å². The predicted octanol–water partition coefficient (Wildman–Crippen LogP) is 0.940. The largest absolute Gasteiger partial charge is 0.381 e. The lowest BCUT2D eigenvalue weighted by Crippen LogP contribution is -2.31. The van der Waals surface area contributed by atoms with Gasteiger partial charge in [0.1, 0.15) is 10.3 Å². The zero-order valence-corrected chi connectivity index (χ0v) is 12.1. The van der Waals surface area contributed by atoms with Gasteiger partial charge in [-0.05, 0) is 35.2 Å². The number of nitrogens with zero attached hydrogens (tertiary/aromatic N) is 2. The van der Waals surface area contributed by atoms with Gasteiger partial charge in [-0.2, -0.15) is 0 Å². The van der Waals surface area contributed by atoms with E-state index in [9.17, 15) is 4.79 Å². The molecule has 0 aromatic carbocycles. The van der Waals surface area contributed by atoms with E-state index in [1.807, 2.05) is 6.92 Å². The minimum atomic E-state index is -0.0199. The molecule has 1 aromatic heterocycles. The number of hydrogen-bond donors (Lipinski definition) is 1. The maximum Gasteiger partial charge on any atom is 0.267 e. The number of nitrogens with one attached hydrogen (secondary N) is 1. The second-order valence-corrected chi connectivity index (χ2v) is 5.40. The van der Waals surface area contributed by atoms with E-state index in [4.69, 9.17) is 4.74 Å². The maximum atomic E-state index is 11.9. The fourth-order valence-electron chi connectivity index (χ4n) is 2.06. The Balaban J connectivity index is 1.82. The molecule has 2 heterocycles. The maximum absolute atomic E-state index is 11.9. The highest BCUT2D eigenvalue weighted by atomic mass is 79.9. The quantitative estimate of drug-likeness (QED) is 0.822. The fourth-order valence-corrected chi connectivity index (χ4v) is 2.37. The van der Waals surface area contributed by atoms with Gasteiger partial charge in [-0.1, -0.05) is 0 Å². The lowest BCUT2D eigenvalue weighted by Gasteiger charge is -2.12. The molecule has 1 N–H and O–H groups in total. The van der Waals surface area contributed by atoms with Gasteiger partial charge >= 0.3 is 0 Å². The van der Waals surface area contributed by atoms with Crippen LogP contribution >= 0.6 is 15.9 Å². The van der Waals surface area contributed by atoms with Crippen LogP contribution in [0.4, 0.5) is 0 Å². The van der Waals surface area contributed by atoms with Gasteiger partial charge in [-0.25, -0.2) is 4.98 Å². The molecule has 0 spiro atoms. The van der Waals surface area contributed by atoms with E-state index in [0.717, 1.165) is 38.5 Å². The van der Waals surface area contributed by atoms with Gasteiger partial charge in [-0.3, -0.25) is 9.36 Å². The minimum Gasteiger partial charge on any atom is -0.381 e. The molecule has 0 aliphatic carbocycles. The Hall–Kier alpha value is -0.720. The first-order valence-corrected chi connectivity index (χ1v) is 6.98. The van der Waals surface area contributed by atoms with Crippen molar-refractivity contribution in [2.45, 2.75) is 19.9 Å². The Morgan fingerprint density at radius 1 is 1.67 bits per heavy atom. The van der Waals surface area contributed by atoms with Crippen molar-refractivity contribution in [1.82, 2.24) is 14.9 Å². The molecule has 1 aliphatic heterocycles. The van der Waals surface area contributed by atoms with Crippen molar-refractivity contribution in [2.24, 2.45) is 5.92 Å². The Morgan fingerprint density at radius 3 is 3.22 bits per heavy atom. The molecular formula is C12H18BrN3O2. The lowest BCUT2D eigenvalue weighted by molar-refractivity contribution is 0.185. The molecule has 1 fully saturated rings. The van der Waals surface area contributed by atoms with Crippen LogP contribution in [-0.4, -0.2) is 35.9 Å². The zero-order valence-electron chi connectivity index (χ0n) is 10.5. The molecule has 0 radical (unpaired) electrons. The van der Waals surface area contributed by atoms with E-state index in [-0.39, 0.29) is 5.56 Å². The Kier molecular flexibility index (Phi) is 4.91. The van der Waals surface area contributed by atoms with Crippen LogP contribution in [-0.2, 0) is 11.3 Å². The Morgan fingerprint density at radius 2 is 2.50 bits per heavy atom. The van der Waals surface area contributed by atoms with E-state index in [2.05, 4.69) is 26.2 Å². The third kappa shape index (κ3) is 3.40. The highest BCUT2D eigenvalue weighted by molar-refractivity contribution is 9.10. The van der Waals surface area contributed by atoms with Crippen LogP contribution in [0.15, 0.2) is 15.5 Å². The molecule has 2 rings (SSSR count). The molecule has 0 saturated carbocycles. The second-order valence-electron chi connectivity index (χ2n) is 4.54. The van der Waals surface area contributed by atoms with Crippen molar-refractivity contribution in [2.75, 3.05) is 26.3 Å². The average molecular weight is 316 g/mol. The van der Waals surface area contributed by atoms with Crippen molar-refractivity contribution in [1.29, 1.82) is 0 Å². The number of aryl methyl sites for hydroxylation is 1. The van der Waals surface area contributed by atoms with Crippen LogP contribution in [0.3, 0.4) is 0 Å². The molecule has 6 heteroatoms. The summed E-state index contributed by atoms with van der Waals surface area (Å²) in [5.41, 5.74) is -0.0199. The van der Waals surface area contributed by atoms with Crippen LogP contribution in [0.5, 0.6) is 0 Å². The Labute approximate surface area is 115 Å². The van der Waals surface area contributed by atoms with Gasteiger partial charge in [0, 0.05) is 32.4 Å². The summed E-state index contributed by atoms with van der Waals surface area (Å²) in [6, 6.07) is 0. The zero-order chi connectivity index (χ0) is 13.0. The van der Waals surface area contributed by atoms with Gasteiger partial charge in [0.2, 0.25) is 0 Å². The standard InChI is InChI=1S/C12H18BrN3O2/c1-9-15-7-11(13)12(17)16(9)4-3-14-6-10-2-5-18-8-10/h7,10,14H,2-6,8H2,1H3. The molecule has 18 heavy (non-hydrogen) atoms. The van der Waals surface area contributed by atoms with Crippen LogP contribution in [0, 0.1) is 12.8 Å². The van der Waals surface area contributed by atoms with E-state index < -0.39 is 0 Å². The summed E-state index contributed by atoms with van der Waals surface area (Å²) >= 11 is 3.21. The summed E-state index contributed by atoms with van der Waals surface area (Å²) in [5.74, 6) is 1.36. The van der Waals surface area contributed by atoms with Crippen molar-refractivity contribution in [3.05, 3.63) is 26.8 Å². The van der Waals surface area contributed by atoms with E-state index in [1.165, 1.54) is 0 Å². The van der Waals surface area contributed by atoms with Gasteiger partial charge in [0.05, 0.1) is 6.61 Å². The average Bonchev–Trinajstić information content (AvgIpc) is 2.86. The predicted molar refractivity (Wildman–Crippen MR) is 72.7 cm³/mol. The van der Waals surface area contributed by atoms with Gasteiger partial charge < -0.3 is 10.1 Å². The third-order valence-electron chi connectivity index (χ3n) is 3.17. The molecule has 1 aromatic rings. The SMILES string of the molecule is Cc1ncc(Br)c(=O)n1CCNCC1CCOC1. The Bertz CT molecular complexity index is 455. The molecule has 1 unspecified atom stereocenters. The smallest absolute Gasteiger partial charge is 0.267 e. The van der Waals surface area contributed by atoms with Crippen LogP contribution < -0.4 is 10.9 Å². The first-order valence-electron chi connectivity index (χ1n) is 6.19. The van der Waals surface area contributed by atoms with E-state index in [0.29, 0.717) is 16.9 Å². The highest BCUT2D eigenvalue weighted by Crippen LogP contribution is 2.10. The summed E-state index contributed by atoms with van der Waals surface area (Å²) in [7, 11) is 0. The fraction of sp³-hybridized carbons (Fsp3) is 0.667. The van der Waals surface area contributed by atoms with Crippen molar-refractivity contribution >= 4 is 15.9 Å². The molecule has 1 aliphatic rings. The van der Waals surface area contributed by atoms with Crippen molar-refractivity contribution < 1.29 is 4.74 Å². The molecule has 100 valence electrons. The highest BCUT2D eigenvalue weighted by Gasteiger charge is 2.14. The number of hydrogen-bond acceptors (Lipinski definition) is 4. The van der Waals surface area contributed by atoms with Crippen LogP contribution in [0.1, 0.15) is 12.2 Å². The monoisotopic (exact) mass is 315 g/mol. The van der Waals surface area contributed by atoms with E-state index >= 15 is 0 Å². The topological polar surface area (TPSA) is 56.2 Å². The summed E-state index contributed by atoms with van der Waals surface area (Å²) < 4.78 is 7.51. The molecular weight excluding hydrogens is 298 g/mol. The molecule has 0 bridgehead atoms. The van der Waals surface area contributed by atoms with Crippen molar-refractivity contribution in [3.8, 4) is 0 Å². The summed E-state index contributed by atoms with van der Waals surface area (Å²) in [5, 5.41) is 3.37. The summed E-state index contributed by atoms with van der Waals surface area (Å²) in [6.07, 6.45) is 2.68. The van der Waals surface area contributed by atoms with Crippen molar-refractivity contribution in [3.63, 3.8) is 0 Å². The first-order chi connectivity index (χ1) is 8.68. The third-order valence-corrected chi connectivity index (χ3v) is 3.72. The number of halogens is 1. The van der Waals surface area contributed by atoms with Gasteiger partial charge in [-0.15, -0.1) is 0 Å². The molecule has 1 saturated heterocycles. The normalized spacial score (nSPS) is 19.3. The molecule has 0 amide bonds. The molecule has 1 atom stereocenters. The van der Waals surface area contributed by atoms with E-state index in [1.54, 1.807) is 10.8 Å². The number of rotatable bonds is 5. The second kappa shape index (κ2) is 6.45. The van der Waals surface area contributed by atoms with Gasteiger partial charge in [0.25, 0.3) is 5.56 Å². The summed E-state index contributed by atoms with van der Waals surface area (Å²) in [6.45, 7) is 5.94. The summed E-state index contributed by atoms with van der Waals surface area (Å²) in [4.78, 5) is 16.0. The minimum absolute atomic E-state index is 0.0199. The first kappa shape index (κ1) is 13.7. The number of ether oxygens (including phenoxy) is 1. The van der Waals surface area contributed by atoms with Crippen LogP contribution in [0.2, 0.25) is 0 Å². The number of aromatic nitrogens is 2.